The number of rotatable bonds is 4. The van der Waals surface area contributed by atoms with E-state index in [0.717, 1.165) is 50.6 Å². The minimum absolute atomic E-state index is 0.213. The number of hydrogen-bond donors (Lipinski definition) is 0. The van der Waals surface area contributed by atoms with Gasteiger partial charge in [-0.2, -0.15) is 0 Å². The maximum absolute atomic E-state index is 13.2. The molecule has 0 spiro atoms. The topological polar surface area (TPSA) is 36.0 Å². The fourth-order valence-electron chi connectivity index (χ4n) is 3.98. The van der Waals surface area contributed by atoms with Crippen molar-refractivity contribution in [2.24, 2.45) is 0 Å². The highest BCUT2D eigenvalue weighted by molar-refractivity contribution is 8.00. The van der Waals surface area contributed by atoms with Crippen LogP contribution in [0.15, 0.2) is 53.4 Å². The maximum atomic E-state index is 13.2. The molecule has 2 aromatic carbocycles. The number of methoxy groups -OCH3 is 1. The van der Waals surface area contributed by atoms with Crippen LogP contribution in [0.2, 0.25) is 0 Å². The number of thioether (sulfide) groups is 1. The average Bonchev–Trinajstić information content (AvgIpc) is 2.92. The zero-order valence-electron chi connectivity index (χ0n) is 17.2. The van der Waals surface area contributed by atoms with Gasteiger partial charge in [0, 0.05) is 48.6 Å². The van der Waals surface area contributed by atoms with Crippen molar-refractivity contribution < 1.29 is 9.53 Å². The molecule has 1 fully saturated rings. The van der Waals surface area contributed by atoms with E-state index in [0.29, 0.717) is 11.8 Å². The van der Waals surface area contributed by atoms with Gasteiger partial charge in [0.25, 0.3) is 0 Å². The van der Waals surface area contributed by atoms with E-state index in [9.17, 15) is 4.79 Å². The van der Waals surface area contributed by atoms with E-state index in [1.165, 1.54) is 10.6 Å². The molecule has 0 N–H and O–H groups in total. The molecule has 5 nitrogen and oxygen atoms in total. The van der Waals surface area contributed by atoms with Crippen LogP contribution in [0.3, 0.4) is 0 Å². The summed E-state index contributed by atoms with van der Waals surface area (Å²) in [6, 6.07) is 16.5. The molecule has 1 atom stereocenters. The Morgan fingerprint density at radius 1 is 1.03 bits per heavy atom. The van der Waals surface area contributed by atoms with Crippen molar-refractivity contribution in [3.8, 4) is 5.75 Å². The van der Waals surface area contributed by atoms with Gasteiger partial charge in [-0.05, 0) is 42.8 Å². The lowest BCUT2D eigenvalue weighted by molar-refractivity contribution is -0.119. The van der Waals surface area contributed by atoms with E-state index >= 15 is 0 Å². The standard InChI is InChI=1S/C23H29N3O2S/c1-18-11-12-26(21-5-3-4-6-22(21)29-18)23(27)17-24-13-15-25(16-14-24)19-7-9-20(28-2)10-8-19/h3-10,18H,11-17H2,1-2H3/t18-/m1/s1. The number of carbonyl (C=O) groups is 1. The second kappa shape index (κ2) is 9.09. The van der Waals surface area contributed by atoms with E-state index in [4.69, 9.17) is 4.74 Å². The lowest BCUT2D eigenvalue weighted by Gasteiger charge is -2.36. The number of benzene rings is 2. The molecule has 4 rings (SSSR count). The Morgan fingerprint density at radius 2 is 1.76 bits per heavy atom. The monoisotopic (exact) mass is 411 g/mol. The second-order valence-electron chi connectivity index (χ2n) is 7.69. The van der Waals surface area contributed by atoms with Crippen LogP contribution in [-0.2, 0) is 4.79 Å². The average molecular weight is 412 g/mol. The number of nitrogens with zero attached hydrogens (tertiary/aromatic N) is 3. The third kappa shape index (κ3) is 4.70. The molecule has 29 heavy (non-hydrogen) atoms. The summed E-state index contributed by atoms with van der Waals surface area (Å²) in [5.74, 6) is 1.09. The number of amides is 1. The van der Waals surface area contributed by atoms with Crippen molar-refractivity contribution in [2.45, 2.75) is 23.5 Å². The van der Waals surface area contributed by atoms with Crippen molar-refractivity contribution in [1.29, 1.82) is 0 Å². The lowest BCUT2D eigenvalue weighted by atomic mass is 10.2. The third-order valence-corrected chi connectivity index (χ3v) is 6.95. The van der Waals surface area contributed by atoms with Crippen LogP contribution >= 0.6 is 11.8 Å². The quantitative estimate of drug-likeness (QED) is 0.766. The lowest BCUT2D eigenvalue weighted by Crippen LogP contribution is -2.50. The number of anilines is 2. The summed E-state index contributed by atoms with van der Waals surface area (Å²) < 4.78 is 5.25. The molecule has 0 aromatic heterocycles. The molecular formula is C23H29N3O2S. The zero-order valence-corrected chi connectivity index (χ0v) is 18.0. The molecule has 1 amide bonds. The fourth-order valence-corrected chi connectivity index (χ4v) is 5.09. The van der Waals surface area contributed by atoms with Gasteiger partial charge in [0.2, 0.25) is 5.91 Å². The highest BCUT2D eigenvalue weighted by Gasteiger charge is 2.26. The van der Waals surface area contributed by atoms with Gasteiger partial charge in [0.05, 0.1) is 19.3 Å². The van der Waals surface area contributed by atoms with E-state index in [1.54, 1.807) is 7.11 Å². The normalized spacial score (nSPS) is 20.1. The van der Waals surface area contributed by atoms with Crippen LogP contribution in [-0.4, -0.2) is 62.4 Å². The summed E-state index contributed by atoms with van der Waals surface area (Å²) in [7, 11) is 1.69. The number of ether oxygens (including phenoxy) is 1. The van der Waals surface area contributed by atoms with Gasteiger partial charge in [-0.3, -0.25) is 9.69 Å². The molecule has 2 heterocycles. The molecule has 2 aromatic rings. The molecule has 0 unspecified atom stereocenters. The Morgan fingerprint density at radius 3 is 2.48 bits per heavy atom. The van der Waals surface area contributed by atoms with E-state index < -0.39 is 0 Å². The van der Waals surface area contributed by atoms with E-state index in [1.807, 2.05) is 34.9 Å². The number of piperazine rings is 1. The summed E-state index contributed by atoms with van der Waals surface area (Å²) in [5, 5.41) is 0.530. The van der Waals surface area contributed by atoms with Crippen molar-refractivity contribution in [3.63, 3.8) is 0 Å². The zero-order chi connectivity index (χ0) is 20.2. The molecular weight excluding hydrogens is 382 g/mol. The number of fused-ring (bicyclic) bond motifs is 1. The minimum atomic E-state index is 0.213. The summed E-state index contributed by atoms with van der Waals surface area (Å²) in [6.45, 7) is 7.20. The first-order chi connectivity index (χ1) is 14.1. The molecule has 1 saturated heterocycles. The molecule has 154 valence electrons. The first kappa shape index (κ1) is 20.1. The summed E-state index contributed by atoms with van der Waals surface area (Å²) >= 11 is 1.88. The van der Waals surface area contributed by atoms with Crippen LogP contribution in [0, 0.1) is 0 Å². The summed E-state index contributed by atoms with van der Waals surface area (Å²) in [4.78, 5) is 21.0. The van der Waals surface area contributed by atoms with Crippen LogP contribution in [0.1, 0.15) is 13.3 Å². The smallest absolute Gasteiger partial charge is 0.241 e. The molecule has 0 radical (unpaired) electrons. The van der Waals surface area contributed by atoms with Gasteiger partial charge in [0.15, 0.2) is 0 Å². The first-order valence-corrected chi connectivity index (χ1v) is 11.2. The van der Waals surface area contributed by atoms with Crippen molar-refractivity contribution in [1.82, 2.24) is 4.90 Å². The minimum Gasteiger partial charge on any atom is -0.497 e. The molecule has 0 saturated carbocycles. The number of carbonyl (C=O) groups excluding carboxylic acids is 1. The van der Waals surface area contributed by atoms with Crippen molar-refractivity contribution in [3.05, 3.63) is 48.5 Å². The highest BCUT2D eigenvalue weighted by atomic mass is 32.2. The van der Waals surface area contributed by atoms with E-state index in [-0.39, 0.29) is 5.91 Å². The highest BCUT2D eigenvalue weighted by Crippen LogP contribution is 2.37. The Bertz CT molecular complexity index is 834. The number of para-hydroxylation sites is 1. The van der Waals surface area contributed by atoms with Gasteiger partial charge in [-0.25, -0.2) is 0 Å². The van der Waals surface area contributed by atoms with Crippen LogP contribution in [0.25, 0.3) is 0 Å². The van der Waals surface area contributed by atoms with Gasteiger partial charge in [-0.1, -0.05) is 19.1 Å². The van der Waals surface area contributed by atoms with Crippen LogP contribution in [0.4, 0.5) is 11.4 Å². The molecule has 2 aliphatic heterocycles. The SMILES string of the molecule is COc1ccc(N2CCN(CC(=O)N3CC[C@@H](C)Sc4ccccc43)CC2)cc1. The third-order valence-electron chi connectivity index (χ3n) is 5.71. The van der Waals surface area contributed by atoms with E-state index in [2.05, 4.69) is 47.1 Å². The van der Waals surface area contributed by atoms with Gasteiger partial charge < -0.3 is 14.5 Å². The molecule has 0 bridgehead atoms. The summed E-state index contributed by atoms with van der Waals surface area (Å²) in [6.07, 6.45) is 1.02. The first-order valence-electron chi connectivity index (χ1n) is 10.3. The molecule has 2 aliphatic rings. The number of hydrogen-bond acceptors (Lipinski definition) is 5. The molecule has 6 heteroatoms. The van der Waals surface area contributed by atoms with Crippen LogP contribution in [0.5, 0.6) is 5.75 Å². The van der Waals surface area contributed by atoms with Crippen LogP contribution < -0.4 is 14.5 Å². The molecule has 0 aliphatic carbocycles. The largest absolute Gasteiger partial charge is 0.497 e. The van der Waals surface area contributed by atoms with Gasteiger partial charge in [-0.15, -0.1) is 11.8 Å². The predicted molar refractivity (Wildman–Crippen MR) is 120 cm³/mol. The second-order valence-corrected chi connectivity index (χ2v) is 9.17. The summed E-state index contributed by atoms with van der Waals surface area (Å²) in [5.41, 5.74) is 2.29. The fraction of sp³-hybridized carbons (Fsp3) is 0.435. The van der Waals surface area contributed by atoms with Crippen molar-refractivity contribution >= 4 is 29.0 Å². The predicted octanol–water partition coefficient (Wildman–Crippen LogP) is 3.73. The Kier molecular flexibility index (Phi) is 6.31. The maximum Gasteiger partial charge on any atom is 0.241 e. The van der Waals surface area contributed by atoms with Gasteiger partial charge >= 0.3 is 0 Å². The Balaban J connectivity index is 1.36. The van der Waals surface area contributed by atoms with Crippen molar-refractivity contribution in [2.75, 3.05) is 56.2 Å². The van der Waals surface area contributed by atoms with Gasteiger partial charge in [0.1, 0.15) is 5.75 Å². The Labute approximate surface area is 177 Å². The Hall–Kier alpha value is -2.18.